The Bertz CT molecular complexity index is 411. The van der Waals surface area contributed by atoms with Crippen LogP contribution in [0.15, 0.2) is 24.3 Å². The SMILES string of the molecule is O=C(O)Cc1ccc(C(F)(F)C(=O)O)cc1. The molecule has 0 saturated carbocycles. The van der Waals surface area contributed by atoms with Crippen LogP contribution in [0.25, 0.3) is 0 Å². The maximum Gasteiger partial charge on any atom is 0.379 e. The van der Waals surface area contributed by atoms with Crippen LogP contribution in [-0.2, 0) is 21.9 Å². The van der Waals surface area contributed by atoms with Crippen LogP contribution in [0.2, 0.25) is 0 Å². The zero-order valence-electron chi connectivity index (χ0n) is 7.98. The van der Waals surface area contributed by atoms with E-state index in [1.165, 1.54) is 12.1 Å². The van der Waals surface area contributed by atoms with Gasteiger partial charge in [-0.25, -0.2) is 4.79 Å². The van der Waals surface area contributed by atoms with E-state index < -0.39 is 23.4 Å². The van der Waals surface area contributed by atoms with E-state index >= 15 is 0 Å². The van der Waals surface area contributed by atoms with Crippen molar-refractivity contribution in [2.24, 2.45) is 0 Å². The normalized spacial score (nSPS) is 11.1. The number of carboxylic acid groups (broad SMARTS) is 2. The van der Waals surface area contributed by atoms with Crippen LogP contribution in [0.4, 0.5) is 8.78 Å². The zero-order valence-corrected chi connectivity index (χ0v) is 7.98. The molecule has 0 amide bonds. The van der Waals surface area contributed by atoms with E-state index in [2.05, 4.69) is 0 Å². The van der Waals surface area contributed by atoms with Crippen LogP contribution in [0.5, 0.6) is 0 Å². The number of benzene rings is 1. The van der Waals surface area contributed by atoms with E-state index in [0.717, 1.165) is 12.1 Å². The van der Waals surface area contributed by atoms with E-state index in [-0.39, 0.29) is 6.42 Å². The minimum absolute atomic E-state index is 0.293. The highest BCUT2D eigenvalue weighted by Gasteiger charge is 2.40. The van der Waals surface area contributed by atoms with E-state index in [1.807, 2.05) is 0 Å². The molecule has 1 aromatic carbocycles. The Morgan fingerprint density at radius 2 is 1.62 bits per heavy atom. The Morgan fingerprint density at radius 1 is 1.12 bits per heavy atom. The molecular weight excluding hydrogens is 222 g/mol. The van der Waals surface area contributed by atoms with Gasteiger partial charge in [-0.15, -0.1) is 0 Å². The van der Waals surface area contributed by atoms with Crippen molar-refractivity contribution < 1.29 is 28.6 Å². The maximum atomic E-state index is 13.0. The summed E-state index contributed by atoms with van der Waals surface area (Å²) in [5, 5.41) is 16.7. The van der Waals surface area contributed by atoms with Crippen LogP contribution < -0.4 is 0 Å². The third-order valence-electron chi connectivity index (χ3n) is 1.94. The number of carboxylic acids is 2. The van der Waals surface area contributed by atoms with Gasteiger partial charge in [-0.1, -0.05) is 24.3 Å². The fourth-order valence-electron chi connectivity index (χ4n) is 1.13. The lowest BCUT2D eigenvalue weighted by molar-refractivity contribution is -0.166. The van der Waals surface area contributed by atoms with E-state index in [9.17, 15) is 18.4 Å². The molecule has 16 heavy (non-hydrogen) atoms. The Morgan fingerprint density at radius 3 is 2.00 bits per heavy atom. The zero-order chi connectivity index (χ0) is 12.3. The fraction of sp³-hybridized carbons (Fsp3) is 0.200. The van der Waals surface area contributed by atoms with Gasteiger partial charge in [0.15, 0.2) is 0 Å². The van der Waals surface area contributed by atoms with Gasteiger partial charge < -0.3 is 10.2 Å². The summed E-state index contributed by atoms with van der Waals surface area (Å²) in [5.74, 6) is -7.28. The summed E-state index contributed by atoms with van der Waals surface area (Å²) in [4.78, 5) is 20.6. The smallest absolute Gasteiger partial charge is 0.379 e. The van der Waals surface area contributed by atoms with Gasteiger partial charge >= 0.3 is 17.9 Å². The lowest BCUT2D eigenvalue weighted by Gasteiger charge is -2.11. The first kappa shape index (κ1) is 12.1. The van der Waals surface area contributed by atoms with Crippen LogP contribution in [0, 0.1) is 0 Å². The number of halogens is 2. The summed E-state index contributed by atoms with van der Waals surface area (Å²) >= 11 is 0. The molecule has 0 bridgehead atoms. The monoisotopic (exact) mass is 230 g/mol. The summed E-state index contributed by atoms with van der Waals surface area (Å²) in [5.41, 5.74) is -0.341. The van der Waals surface area contributed by atoms with Gasteiger partial charge in [-0.05, 0) is 5.56 Å². The molecular formula is C10H8F2O4. The molecule has 0 fully saturated rings. The Balaban J connectivity index is 2.95. The van der Waals surface area contributed by atoms with Gasteiger partial charge in [0.2, 0.25) is 0 Å². The van der Waals surface area contributed by atoms with E-state index in [0.29, 0.717) is 5.56 Å². The minimum Gasteiger partial charge on any atom is -0.481 e. The molecule has 6 heteroatoms. The number of carbonyl (C=O) groups is 2. The molecule has 2 N–H and O–H groups in total. The quantitative estimate of drug-likeness (QED) is 0.821. The fourth-order valence-corrected chi connectivity index (χ4v) is 1.13. The second kappa shape index (κ2) is 4.26. The maximum absolute atomic E-state index is 13.0. The molecule has 0 radical (unpaired) electrons. The number of rotatable bonds is 4. The molecule has 0 atom stereocenters. The standard InChI is InChI=1S/C10H8F2O4/c11-10(12,9(15)16)7-3-1-6(2-4-7)5-8(13)14/h1-4H,5H2,(H,13,14)(H,15,16). The van der Waals surface area contributed by atoms with Crippen LogP contribution in [0.3, 0.4) is 0 Å². The number of alkyl halides is 2. The molecule has 0 aliphatic rings. The average Bonchev–Trinajstić information content (AvgIpc) is 2.17. The topological polar surface area (TPSA) is 74.6 Å². The van der Waals surface area contributed by atoms with Gasteiger partial charge in [-0.3, -0.25) is 4.79 Å². The first-order valence-corrected chi connectivity index (χ1v) is 4.26. The molecule has 0 spiro atoms. The molecule has 0 aliphatic carbocycles. The highest BCUT2D eigenvalue weighted by atomic mass is 19.3. The van der Waals surface area contributed by atoms with E-state index in [1.54, 1.807) is 0 Å². The summed E-state index contributed by atoms with van der Waals surface area (Å²) < 4.78 is 25.9. The Kier molecular flexibility index (Phi) is 3.22. The van der Waals surface area contributed by atoms with Crippen molar-refractivity contribution in [1.82, 2.24) is 0 Å². The van der Waals surface area contributed by atoms with Crippen LogP contribution in [0.1, 0.15) is 11.1 Å². The minimum atomic E-state index is -3.96. The van der Waals surface area contributed by atoms with Crippen molar-refractivity contribution in [3.05, 3.63) is 35.4 Å². The lowest BCUT2D eigenvalue weighted by atomic mass is 10.0. The predicted octanol–water partition coefficient (Wildman–Crippen LogP) is 1.49. The molecule has 0 aromatic heterocycles. The van der Waals surface area contributed by atoms with Crippen molar-refractivity contribution in [3.8, 4) is 0 Å². The van der Waals surface area contributed by atoms with Gasteiger partial charge in [0.1, 0.15) is 0 Å². The van der Waals surface area contributed by atoms with Crippen LogP contribution >= 0.6 is 0 Å². The highest BCUT2D eigenvalue weighted by Crippen LogP contribution is 2.28. The van der Waals surface area contributed by atoms with Crippen molar-refractivity contribution >= 4 is 11.9 Å². The molecule has 1 aromatic rings. The Hall–Kier alpha value is -1.98. The third-order valence-corrected chi connectivity index (χ3v) is 1.94. The summed E-state index contributed by atoms with van der Waals surface area (Å²) in [6, 6.07) is 4.15. The van der Waals surface area contributed by atoms with Gasteiger partial charge in [-0.2, -0.15) is 8.78 Å². The van der Waals surface area contributed by atoms with Gasteiger partial charge in [0.25, 0.3) is 0 Å². The number of aliphatic carboxylic acids is 2. The molecule has 0 unspecified atom stereocenters. The van der Waals surface area contributed by atoms with Crippen molar-refractivity contribution in [2.45, 2.75) is 12.3 Å². The summed E-state index contributed by atoms with van der Waals surface area (Å²) in [6.45, 7) is 0. The molecule has 4 nitrogen and oxygen atoms in total. The van der Waals surface area contributed by atoms with Crippen molar-refractivity contribution in [2.75, 3.05) is 0 Å². The molecule has 0 heterocycles. The first-order chi connectivity index (χ1) is 7.34. The molecule has 0 aliphatic heterocycles. The summed E-state index contributed by atoms with van der Waals surface area (Å²) in [7, 11) is 0. The number of hydrogen-bond donors (Lipinski definition) is 2. The summed E-state index contributed by atoms with van der Waals surface area (Å²) in [6.07, 6.45) is -0.293. The number of hydrogen-bond acceptors (Lipinski definition) is 2. The first-order valence-electron chi connectivity index (χ1n) is 4.26. The van der Waals surface area contributed by atoms with Crippen LogP contribution in [-0.4, -0.2) is 22.2 Å². The Labute approximate surface area is 89.1 Å². The highest BCUT2D eigenvalue weighted by molar-refractivity contribution is 5.77. The second-order valence-corrected chi connectivity index (χ2v) is 3.15. The largest absolute Gasteiger partial charge is 0.481 e. The third kappa shape index (κ3) is 2.53. The molecule has 1 rings (SSSR count). The molecule has 0 saturated heterocycles. The average molecular weight is 230 g/mol. The van der Waals surface area contributed by atoms with Gasteiger partial charge in [0.05, 0.1) is 6.42 Å². The predicted molar refractivity (Wildman–Crippen MR) is 49.3 cm³/mol. The molecule has 86 valence electrons. The lowest BCUT2D eigenvalue weighted by Crippen LogP contribution is -2.25. The second-order valence-electron chi connectivity index (χ2n) is 3.15. The van der Waals surface area contributed by atoms with E-state index in [4.69, 9.17) is 10.2 Å². The van der Waals surface area contributed by atoms with Crippen molar-refractivity contribution in [1.29, 1.82) is 0 Å². The van der Waals surface area contributed by atoms with Gasteiger partial charge in [0, 0.05) is 5.56 Å². The van der Waals surface area contributed by atoms with Crippen molar-refractivity contribution in [3.63, 3.8) is 0 Å².